The number of rotatable bonds is 2. The summed E-state index contributed by atoms with van der Waals surface area (Å²) in [6, 6.07) is 0. The van der Waals surface area contributed by atoms with Crippen molar-refractivity contribution in [2.24, 2.45) is 0 Å². The number of hydroxylamine groups is 1. The Kier molecular flexibility index (Phi) is 5.43. The van der Waals surface area contributed by atoms with Gasteiger partial charge < -0.3 is 14.3 Å². The van der Waals surface area contributed by atoms with Crippen LogP contribution in [-0.2, 0) is 14.3 Å². The summed E-state index contributed by atoms with van der Waals surface area (Å²) in [4.78, 5) is 25.7. The number of carbonyl (C=O) groups excluding carboxylic acids is 2. The zero-order chi connectivity index (χ0) is 11.1. The van der Waals surface area contributed by atoms with Gasteiger partial charge in [0.1, 0.15) is 0 Å². The Bertz CT molecular complexity index is 180. The highest BCUT2D eigenvalue weighted by molar-refractivity contribution is 5.69. The Hall–Kier alpha value is -1.46. The molecule has 0 unspecified atom stereocenters. The Morgan fingerprint density at radius 3 is 1.93 bits per heavy atom. The summed E-state index contributed by atoms with van der Waals surface area (Å²) in [5.74, 6) is 0. The van der Waals surface area contributed by atoms with Gasteiger partial charge in [0.15, 0.2) is 0 Å². The van der Waals surface area contributed by atoms with Crippen molar-refractivity contribution in [2.75, 3.05) is 0 Å². The number of amides is 1. The van der Waals surface area contributed by atoms with Gasteiger partial charge in [0.25, 0.3) is 0 Å². The van der Waals surface area contributed by atoms with Gasteiger partial charge in [-0.3, -0.25) is 0 Å². The second kappa shape index (κ2) is 6.06. The van der Waals surface area contributed by atoms with Crippen molar-refractivity contribution in [3.63, 3.8) is 0 Å². The van der Waals surface area contributed by atoms with E-state index in [1.54, 1.807) is 33.2 Å². The van der Waals surface area contributed by atoms with Crippen LogP contribution in [0.3, 0.4) is 0 Å². The smallest absolute Gasteiger partial charge is 0.445 e. The van der Waals surface area contributed by atoms with Crippen molar-refractivity contribution in [1.82, 2.24) is 5.48 Å². The molecular weight excluding hydrogens is 190 g/mol. The van der Waals surface area contributed by atoms with E-state index < -0.39 is 12.2 Å². The molecule has 0 aliphatic heterocycles. The minimum absolute atomic E-state index is 0.278. The standard InChI is InChI=1S/C8H15NO5/c1-5(2)12-7(10)9-14-8(11)13-6(3)4/h5-6H,1-4H3,(H,9,10). The first-order valence-electron chi connectivity index (χ1n) is 4.26. The summed E-state index contributed by atoms with van der Waals surface area (Å²) in [5, 5.41) is 0. The Morgan fingerprint density at radius 2 is 1.50 bits per heavy atom. The molecule has 0 spiro atoms. The van der Waals surface area contributed by atoms with Crippen molar-refractivity contribution in [3.05, 3.63) is 0 Å². The summed E-state index contributed by atoms with van der Waals surface area (Å²) >= 11 is 0. The molecule has 82 valence electrons. The molecule has 0 aromatic heterocycles. The summed E-state index contributed by atoms with van der Waals surface area (Å²) in [6.07, 6.45) is -2.38. The van der Waals surface area contributed by atoms with Gasteiger partial charge in [-0.05, 0) is 27.7 Å². The lowest BCUT2D eigenvalue weighted by molar-refractivity contribution is -0.00561. The van der Waals surface area contributed by atoms with E-state index in [1.165, 1.54) is 0 Å². The zero-order valence-electron chi connectivity index (χ0n) is 8.70. The summed E-state index contributed by atoms with van der Waals surface area (Å²) in [7, 11) is 0. The van der Waals surface area contributed by atoms with E-state index in [-0.39, 0.29) is 12.2 Å². The van der Waals surface area contributed by atoms with E-state index in [4.69, 9.17) is 0 Å². The maximum absolute atomic E-state index is 10.8. The monoisotopic (exact) mass is 205 g/mol. The molecule has 0 atom stereocenters. The van der Waals surface area contributed by atoms with Crippen LogP contribution in [0.25, 0.3) is 0 Å². The second-order valence-corrected chi connectivity index (χ2v) is 3.07. The molecule has 6 nitrogen and oxygen atoms in total. The highest BCUT2D eigenvalue weighted by Gasteiger charge is 2.10. The van der Waals surface area contributed by atoms with Gasteiger partial charge in [-0.15, -0.1) is 5.48 Å². The minimum Gasteiger partial charge on any atom is -0.445 e. The first kappa shape index (κ1) is 12.5. The van der Waals surface area contributed by atoms with Crippen LogP contribution in [0.15, 0.2) is 0 Å². The normalized spacial score (nSPS) is 9.86. The number of carbonyl (C=O) groups is 2. The van der Waals surface area contributed by atoms with Crippen LogP contribution < -0.4 is 5.48 Å². The van der Waals surface area contributed by atoms with E-state index >= 15 is 0 Å². The van der Waals surface area contributed by atoms with Gasteiger partial charge in [0, 0.05) is 0 Å². The Balaban J connectivity index is 3.61. The largest absolute Gasteiger partial charge is 0.533 e. The van der Waals surface area contributed by atoms with Crippen LogP contribution in [0.5, 0.6) is 0 Å². The lowest BCUT2D eigenvalue weighted by Crippen LogP contribution is -2.30. The highest BCUT2D eigenvalue weighted by atomic mass is 16.8. The predicted molar refractivity (Wildman–Crippen MR) is 47.5 cm³/mol. The van der Waals surface area contributed by atoms with Crippen molar-refractivity contribution in [2.45, 2.75) is 39.9 Å². The maximum atomic E-state index is 10.8. The zero-order valence-corrected chi connectivity index (χ0v) is 8.70. The molecule has 0 aromatic carbocycles. The summed E-state index contributed by atoms with van der Waals surface area (Å²) < 4.78 is 9.20. The average molecular weight is 205 g/mol. The van der Waals surface area contributed by atoms with Crippen molar-refractivity contribution >= 4 is 12.2 Å². The van der Waals surface area contributed by atoms with E-state index in [9.17, 15) is 9.59 Å². The van der Waals surface area contributed by atoms with E-state index in [0.29, 0.717) is 0 Å². The molecule has 0 aliphatic carbocycles. The third-order valence-corrected chi connectivity index (χ3v) is 0.892. The van der Waals surface area contributed by atoms with Crippen molar-refractivity contribution in [3.8, 4) is 0 Å². The minimum atomic E-state index is -0.972. The van der Waals surface area contributed by atoms with Gasteiger partial charge in [-0.1, -0.05) is 0 Å². The van der Waals surface area contributed by atoms with Crippen LogP contribution in [0.4, 0.5) is 9.59 Å². The highest BCUT2D eigenvalue weighted by Crippen LogP contribution is 1.92. The first-order chi connectivity index (χ1) is 6.41. The van der Waals surface area contributed by atoms with Gasteiger partial charge >= 0.3 is 12.2 Å². The molecule has 0 radical (unpaired) electrons. The summed E-state index contributed by atoms with van der Waals surface area (Å²) in [6.45, 7) is 6.67. The quantitative estimate of drug-likeness (QED) is 0.547. The molecule has 0 saturated heterocycles. The van der Waals surface area contributed by atoms with Gasteiger partial charge in [-0.2, -0.15) is 0 Å². The van der Waals surface area contributed by atoms with E-state index in [1.807, 2.05) is 0 Å². The Labute approximate surface area is 82.5 Å². The predicted octanol–water partition coefficient (Wildman–Crippen LogP) is 1.60. The maximum Gasteiger partial charge on any atom is 0.533 e. The molecule has 1 N–H and O–H groups in total. The fourth-order valence-electron chi connectivity index (χ4n) is 0.538. The number of hydrogen-bond donors (Lipinski definition) is 1. The first-order valence-corrected chi connectivity index (χ1v) is 4.26. The molecule has 6 heteroatoms. The molecule has 0 heterocycles. The topological polar surface area (TPSA) is 73.9 Å². The molecule has 0 bridgehead atoms. The lowest BCUT2D eigenvalue weighted by Gasteiger charge is -2.10. The van der Waals surface area contributed by atoms with E-state index in [2.05, 4.69) is 14.3 Å². The number of ether oxygens (including phenoxy) is 2. The fourth-order valence-corrected chi connectivity index (χ4v) is 0.538. The molecular formula is C8H15NO5. The van der Waals surface area contributed by atoms with Crippen molar-refractivity contribution in [1.29, 1.82) is 0 Å². The molecule has 0 rings (SSSR count). The molecule has 1 amide bonds. The molecule has 0 aliphatic rings. The van der Waals surface area contributed by atoms with Gasteiger partial charge in [-0.25, -0.2) is 9.59 Å². The molecule has 14 heavy (non-hydrogen) atoms. The van der Waals surface area contributed by atoms with Crippen molar-refractivity contribution < 1.29 is 23.9 Å². The van der Waals surface area contributed by atoms with Crippen LogP contribution >= 0.6 is 0 Å². The van der Waals surface area contributed by atoms with Crippen LogP contribution in [-0.4, -0.2) is 24.5 Å². The number of hydrogen-bond acceptors (Lipinski definition) is 5. The SMILES string of the molecule is CC(C)OC(=O)NOC(=O)OC(C)C. The molecule has 0 fully saturated rings. The van der Waals surface area contributed by atoms with E-state index in [0.717, 1.165) is 0 Å². The molecule has 0 saturated carbocycles. The third-order valence-electron chi connectivity index (χ3n) is 0.892. The van der Waals surface area contributed by atoms with Gasteiger partial charge in [0.05, 0.1) is 12.2 Å². The van der Waals surface area contributed by atoms with Crippen LogP contribution in [0.1, 0.15) is 27.7 Å². The van der Waals surface area contributed by atoms with Crippen LogP contribution in [0.2, 0.25) is 0 Å². The Morgan fingerprint density at radius 1 is 1.00 bits per heavy atom. The average Bonchev–Trinajstić information content (AvgIpc) is 1.98. The van der Waals surface area contributed by atoms with Gasteiger partial charge in [0.2, 0.25) is 0 Å². The second-order valence-electron chi connectivity index (χ2n) is 3.07. The van der Waals surface area contributed by atoms with Crippen LogP contribution in [0, 0.1) is 0 Å². The summed E-state index contributed by atoms with van der Waals surface area (Å²) in [5.41, 5.74) is 1.78. The number of nitrogens with one attached hydrogen (secondary N) is 1. The lowest BCUT2D eigenvalue weighted by atomic mass is 10.5. The molecule has 0 aromatic rings. The third kappa shape index (κ3) is 7.20. The fraction of sp³-hybridized carbons (Fsp3) is 0.750.